The van der Waals surface area contributed by atoms with Gasteiger partial charge in [-0.1, -0.05) is 23.7 Å². The van der Waals surface area contributed by atoms with Crippen LogP contribution in [-0.2, 0) is 6.54 Å². The van der Waals surface area contributed by atoms with Crippen LogP contribution < -0.4 is 15.4 Å². The SMILES string of the molecule is CCOc1ccc(NC(=O)c2cc(C)nc(NCc3ccc(Cl)cc3)n2)cc1. The van der Waals surface area contributed by atoms with E-state index in [2.05, 4.69) is 20.6 Å². The second kappa shape index (κ2) is 9.19. The number of nitrogens with zero attached hydrogens (tertiary/aromatic N) is 2. The van der Waals surface area contributed by atoms with E-state index in [-0.39, 0.29) is 5.91 Å². The Balaban J connectivity index is 1.67. The first kappa shape index (κ1) is 19.6. The molecular weight excluding hydrogens is 376 g/mol. The van der Waals surface area contributed by atoms with E-state index in [4.69, 9.17) is 16.3 Å². The largest absolute Gasteiger partial charge is 0.494 e. The summed E-state index contributed by atoms with van der Waals surface area (Å²) >= 11 is 5.90. The zero-order chi connectivity index (χ0) is 19.9. The molecule has 1 amide bonds. The number of carbonyl (C=O) groups excluding carboxylic acids is 1. The van der Waals surface area contributed by atoms with Crippen molar-refractivity contribution < 1.29 is 9.53 Å². The molecule has 3 aromatic rings. The standard InChI is InChI=1S/C21H21ClN4O2/c1-3-28-18-10-8-17(9-11-18)25-20(27)19-12-14(2)24-21(26-19)23-13-15-4-6-16(22)7-5-15/h4-12H,3,13H2,1-2H3,(H,25,27)(H,23,24,26). The van der Waals surface area contributed by atoms with Crippen molar-refractivity contribution in [3.63, 3.8) is 0 Å². The number of hydrogen-bond donors (Lipinski definition) is 2. The van der Waals surface area contributed by atoms with Crippen LogP contribution >= 0.6 is 11.6 Å². The fraction of sp³-hybridized carbons (Fsp3) is 0.190. The summed E-state index contributed by atoms with van der Waals surface area (Å²) in [6.07, 6.45) is 0. The van der Waals surface area contributed by atoms with Crippen LogP contribution in [0, 0.1) is 6.92 Å². The van der Waals surface area contributed by atoms with E-state index in [9.17, 15) is 4.79 Å². The minimum atomic E-state index is -0.302. The molecule has 144 valence electrons. The number of benzene rings is 2. The Morgan fingerprint density at radius 1 is 1.07 bits per heavy atom. The van der Waals surface area contributed by atoms with Crippen LogP contribution in [0.4, 0.5) is 11.6 Å². The maximum Gasteiger partial charge on any atom is 0.274 e. The van der Waals surface area contributed by atoms with Crippen LogP contribution in [0.2, 0.25) is 5.02 Å². The predicted octanol–water partition coefficient (Wildman–Crippen LogP) is 4.70. The topological polar surface area (TPSA) is 76.1 Å². The number of nitrogens with one attached hydrogen (secondary N) is 2. The predicted molar refractivity (Wildman–Crippen MR) is 111 cm³/mol. The Morgan fingerprint density at radius 3 is 2.46 bits per heavy atom. The molecule has 0 saturated carbocycles. The van der Waals surface area contributed by atoms with Crippen LogP contribution in [0.3, 0.4) is 0 Å². The molecule has 3 rings (SSSR count). The van der Waals surface area contributed by atoms with Gasteiger partial charge in [0.1, 0.15) is 11.4 Å². The van der Waals surface area contributed by atoms with Gasteiger partial charge in [0, 0.05) is 22.9 Å². The van der Waals surface area contributed by atoms with Crippen LogP contribution in [0.5, 0.6) is 5.75 Å². The fourth-order valence-corrected chi connectivity index (χ4v) is 2.67. The van der Waals surface area contributed by atoms with Crippen molar-refractivity contribution in [2.45, 2.75) is 20.4 Å². The molecule has 28 heavy (non-hydrogen) atoms. The molecule has 0 fully saturated rings. The normalized spacial score (nSPS) is 10.4. The molecule has 0 aliphatic heterocycles. The van der Waals surface area contributed by atoms with Crippen LogP contribution in [0.15, 0.2) is 54.6 Å². The van der Waals surface area contributed by atoms with Gasteiger partial charge in [-0.3, -0.25) is 4.79 Å². The molecule has 1 heterocycles. The lowest BCUT2D eigenvalue weighted by Crippen LogP contribution is -2.16. The van der Waals surface area contributed by atoms with E-state index in [0.29, 0.717) is 41.2 Å². The third kappa shape index (κ3) is 5.44. The molecule has 0 spiro atoms. The zero-order valence-electron chi connectivity index (χ0n) is 15.7. The van der Waals surface area contributed by atoms with Crippen molar-refractivity contribution in [3.05, 3.63) is 76.6 Å². The van der Waals surface area contributed by atoms with Crippen molar-refractivity contribution in [2.24, 2.45) is 0 Å². The lowest BCUT2D eigenvalue weighted by Gasteiger charge is -2.10. The molecule has 6 nitrogen and oxygen atoms in total. The highest BCUT2D eigenvalue weighted by Crippen LogP contribution is 2.17. The number of carbonyl (C=O) groups is 1. The van der Waals surface area contributed by atoms with E-state index < -0.39 is 0 Å². The van der Waals surface area contributed by atoms with Gasteiger partial charge in [0.25, 0.3) is 5.91 Å². The van der Waals surface area contributed by atoms with E-state index >= 15 is 0 Å². The maximum atomic E-state index is 12.6. The maximum absolute atomic E-state index is 12.6. The molecule has 0 radical (unpaired) electrons. The average Bonchev–Trinajstić information content (AvgIpc) is 2.69. The molecule has 0 saturated heterocycles. The third-order valence-corrected chi connectivity index (χ3v) is 4.13. The lowest BCUT2D eigenvalue weighted by atomic mass is 10.2. The summed E-state index contributed by atoms with van der Waals surface area (Å²) in [5, 5.41) is 6.66. The Kier molecular flexibility index (Phi) is 6.45. The zero-order valence-corrected chi connectivity index (χ0v) is 16.5. The van der Waals surface area contributed by atoms with Crippen LogP contribution in [0.1, 0.15) is 28.7 Å². The number of halogens is 1. The Bertz CT molecular complexity index is 944. The smallest absolute Gasteiger partial charge is 0.274 e. The molecule has 0 aliphatic rings. The fourth-order valence-electron chi connectivity index (χ4n) is 2.54. The van der Waals surface area contributed by atoms with Gasteiger partial charge in [0.15, 0.2) is 0 Å². The van der Waals surface area contributed by atoms with Crippen molar-refractivity contribution in [1.29, 1.82) is 0 Å². The van der Waals surface area contributed by atoms with Gasteiger partial charge in [0.05, 0.1) is 6.61 Å². The lowest BCUT2D eigenvalue weighted by molar-refractivity contribution is 0.102. The average molecular weight is 397 g/mol. The number of aryl methyl sites for hydroxylation is 1. The molecule has 1 aromatic heterocycles. The summed E-state index contributed by atoms with van der Waals surface area (Å²) in [7, 11) is 0. The molecule has 7 heteroatoms. The molecule has 0 bridgehead atoms. The first-order chi connectivity index (χ1) is 13.5. The number of aromatic nitrogens is 2. The van der Waals surface area contributed by atoms with Crippen molar-refractivity contribution >= 4 is 29.1 Å². The summed E-state index contributed by atoms with van der Waals surface area (Å²) in [6.45, 7) is 4.87. The number of ether oxygens (including phenoxy) is 1. The van der Waals surface area contributed by atoms with E-state index in [1.54, 1.807) is 18.2 Å². The van der Waals surface area contributed by atoms with Crippen molar-refractivity contribution in [2.75, 3.05) is 17.2 Å². The molecule has 0 aliphatic carbocycles. The van der Waals surface area contributed by atoms with Gasteiger partial charge in [-0.2, -0.15) is 0 Å². The summed E-state index contributed by atoms with van der Waals surface area (Å²) in [6, 6.07) is 16.3. The first-order valence-corrected chi connectivity index (χ1v) is 9.29. The van der Waals surface area contributed by atoms with Gasteiger partial charge in [-0.25, -0.2) is 9.97 Å². The van der Waals surface area contributed by atoms with Gasteiger partial charge in [-0.05, 0) is 61.9 Å². The van der Waals surface area contributed by atoms with E-state index in [1.807, 2.05) is 50.2 Å². The Labute approximate surface area is 168 Å². The molecule has 2 N–H and O–H groups in total. The van der Waals surface area contributed by atoms with E-state index in [1.165, 1.54) is 0 Å². The number of anilines is 2. The number of hydrogen-bond acceptors (Lipinski definition) is 5. The minimum absolute atomic E-state index is 0.292. The quantitative estimate of drug-likeness (QED) is 0.605. The molecular formula is C21H21ClN4O2. The highest BCUT2D eigenvalue weighted by atomic mass is 35.5. The summed E-state index contributed by atoms with van der Waals surface area (Å²) in [5.74, 6) is 0.850. The second-order valence-electron chi connectivity index (χ2n) is 6.11. The number of rotatable bonds is 7. The van der Waals surface area contributed by atoms with Gasteiger partial charge in [0.2, 0.25) is 5.95 Å². The molecule has 0 unspecified atom stereocenters. The summed E-state index contributed by atoms with van der Waals surface area (Å²) in [5.41, 5.74) is 2.70. The molecule has 0 atom stereocenters. The molecule has 2 aromatic carbocycles. The van der Waals surface area contributed by atoms with Crippen molar-refractivity contribution in [1.82, 2.24) is 9.97 Å². The van der Waals surface area contributed by atoms with Crippen LogP contribution in [-0.4, -0.2) is 22.5 Å². The van der Waals surface area contributed by atoms with Gasteiger partial charge >= 0.3 is 0 Å². The summed E-state index contributed by atoms with van der Waals surface area (Å²) in [4.78, 5) is 21.2. The highest BCUT2D eigenvalue weighted by molar-refractivity contribution is 6.30. The minimum Gasteiger partial charge on any atom is -0.494 e. The first-order valence-electron chi connectivity index (χ1n) is 8.91. The van der Waals surface area contributed by atoms with Gasteiger partial charge < -0.3 is 15.4 Å². The monoisotopic (exact) mass is 396 g/mol. The van der Waals surface area contributed by atoms with Crippen molar-refractivity contribution in [3.8, 4) is 5.75 Å². The second-order valence-corrected chi connectivity index (χ2v) is 6.55. The highest BCUT2D eigenvalue weighted by Gasteiger charge is 2.11. The van der Waals surface area contributed by atoms with Crippen LogP contribution in [0.25, 0.3) is 0 Å². The Morgan fingerprint density at radius 2 is 1.79 bits per heavy atom. The van der Waals surface area contributed by atoms with Gasteiger partial charge in [-0.15, -0.1) is 0 Å². The third-order valence-electron chi connectivity index (χ3n) is 3.87. The summed E-state index contributed by atoms with van der Waals surface area (Å²) < 4.78 is 5.40. The number of amides is 1. The Hall–Kier alpha value is -3.12. The van der Waals surface area contributed by atoms with E-state index in [0.717, 1.165) is 11.3 Å².